The Hall–Kier alpha value is -1.52. The van der Waals surface area contributed by atoms with Crippen LogP contribution >= 0.6 is 34.5 Å². The number of thiophene rings is 1. The lowest BCUT2D eigenvalue weighted by atomic mass is 10.0. The number of benzene rings is 2. The molecule has 5 heteroatoms. The standard InChI is InChI=1S/C20H18Cl2N2S/c21-14-8-9-15(22)20-18(14)13(6-3-4-10-23)19(24-20)17-11-12-5-1-2-7-16(12)25-17/h1-2,5,7-9,11,24H,3-4,6,10,23H2. The Bertz CT molecular complexity index is 1020. The Morgan fingerprint density at radius 2 is 1.80 bits per heavy atom. The molecule has 0 saturated carbocycles. The molecule has 2 nitrogen and oxygen atoms in total. The molecule has 4 aromatic rings. The van der Waals surface area contributed by atoms with E-state index in [4.69, 9.17) is 28.9 Å². The van der Waals surface area contributed by atoms with Gasteiger partial charge in [0.05, 0.1) is 26.1 Å². The van der Waals surface area contributed by atoms with Crippen LogP contribution in [0.25, 0.3) is 31.6 Å². The maximum atomic E-state index is 6.53. The van der Waals surface area contributed by atoms with Crippen LogP contribution in [0.5, 0.6) is 0 Å². The molecule has 0 aliphatic rings. The van der Waals surface area contributed by atoms with Gasteiger partial charge in [-0.2, -0.15) is 0 Å². The van der Waals surface area contributed by atoms with Crippen molar-refractivity contribution in [2.24, 2.45) is 5.73 Å². The molecule has 3 N–H and O–H groups in total. The number of unbranched alkanes of at least 4 members (excludes halogenated alkanes) is 1. The van der Waals surface area contributed by atoms with Crippen LogP contribution < -0.4 is 5.73 Å². The Kier molecular flexibility index (Phi) is 4.74. The minimum absolute atomic E-state index is 0.701. The summed E-state index contributed by atoms with van der Waals surface area (Å²) in [5.74, 6) is 0. The number of H-pyrrole nitrogens is 1. The molecule has 0 bridgehead atoms. The number of nitrogens with two attached hydrogens (primary N) is 1. The van der Waals surface area contributed by atoms with E-state index in [2.05, 4.69) is 35.3 Å². The molecule has 0 aliphatic heterocycles. The summed E-state index contributed by atoms with van der Waals surface area (Å²) in [6.45, 7) is 0.703. The van der Waals surface area contributed by atoms with E-state index in [1.807, 2.05) is 12.1 Å². The molecule has 128 valence electrons. The normalized spacial score (nSPS) is 11.6. The molecule has 0 atom stereocenters. The van der Waals surface area contributed by atoms with Gasteiger partial charge in [-0.1, -0.05) is 41.4 Å². The van der Waals surface area contributed by atoms with Crippen molar-refractivity contribution in [3.05, 3.63) is 58.1 Å². The molecule has 0 saturated heterocycles. The van der Waals surface area contributed by atoms with E-state index >= 15 is 0 Å². The Morgan fingerprint density at radius 3 is 2.60 bits per heavy atom. The molecule has 0 radical (unpaired) electrons. The number of aromatic amines is 1. The fourth-order valence-electron chi connectivity index (χ4n) is 3.31. The lowest BCUT2D eigenvalue weighted by molar-refractivity contribution is 0.748. The third-order valence-corrected chi connectivity index (χ3v) is 6.27. The molecule has 2 aromatic heterocycles. The topological polar surface area (TPSA) is 41.8 Å². The van der Waals surface area contributed by atoms with Crippen LogP contribution in [0, 0.1) is 0 Å². The molecule has 0 amide bonds. The Balaban J connectivity index is 1.93. The molecule has 0 fully saturated rings. The van der Waals surface area contributed by atoms with E-state index in [-0.39, 0.29) is 0 Å². The third kappa shape index (κ3) is 3.06. The van der Waals surface area contributed by atoms with Gasteiger partial charge in [0.2, 0.25) is 0 Å². The van der Waals surface area contributed by atoms with Crippen molar-refractivity contribution in [3.8, 4) is 10.6 Å². The van der Waals surface area contributed by atoms with Crippen LogP contribution in [-0.4, -0.2) is 11.5 Å². The minimum atomic E-state index is 0.701. The van der Waals surface area contributed by atoms with Crippen LogP contribution in [0.15, 0.2) is 42.5 Å². The first-order valence-corrected chi connectivity index (χ1v) is 9.94. The highest BCUT2D eigenvalue weighted by Gasteiger charge is 2.18. The number of hydrogen-bond donors (Lipinski definition) is 2. The second-order valence-electron chi connectivity index (χ2n) is 6.15. The summed E-state index contributed by atoms with van der Waals surface area (Å²) in [7, 11) is 0. The maximum absolute atomic E-state index is 6.53. The highest BCUT2D eigenvalue weighted by atomic mass is 35.5. The number of halogens is 2. The van der Waals surface area contributed by atoms with Gasteiger partial charge in [0, 0.05) is 10.1 Å². The summed E-state index contributed by atoms with van der Waals surface area (Å²) in [5, 5.41) is 3.74. The molecule has 4 rings (SSSR count). The first kappa shape index (κ1) is 16.9. The van der Waals surface area contributed by atoms with Crippen molar-refractivity contribution in [2.75, 3.05) is 6.54 Å². The van der Waals surface area contributed by atoms with Gasteiger partial charge < -0.3 is 10.7 Å². The number of hydrogen-bond acceptors (Lipinski definition) is 2. The number of fused-ring (bicyclic) bond motifs is 2. The first-order chi connectivity index (χ1) is 12.2. The quantitative estimate of drug-likeness (QED) is 0.369. The fourth-order valence-corrected chi connectivity index (χ4v) is 4.87. The second-order valence-corrected chi connectivity index (χ2v) is 8.05. The van der Waals surface area contributed by atoms with E-state index in [0.717, 1.165) is 40.9 Å². The minimum Gasteiger partial charge on any atom is -0.352 e. The van der Waals surface area contributed by atoms with E-state index in [0.29, 0.717) is 11.6 Å². The van der Waals surface area contributed by atoms with Crippen LogP contribution in [0.1, 0.15) is 18.4 Å². The van der Waals surface area contributed by atoms with Crippen molar-refractivity contribution < 1.29 is 0 Å². The van der Waals surface area contributed by atoms with Crippen LogP contribution in [0.2, 0.25) is 10.0 Å². The Morgan fingerprint density at radius 1 is 1.00 bits per heavy atom. The van der Waals surface area contributed by atoms with Crippen molar-refractivity contribution in [1.82, 2.24) is 4.98 Å². The van der Waals surface area contributed by atoms with Crippen LogP contribution in [-0.2, 0) is 6.42 Å². The number of nitrogens with one attached hydrogen (secondary N) is 1. The third-order valence-electron chi connectivity index (χ3n) is 4.51. The van der Waals surface area contributed by atoms with Crippen molar-refractivity contribution in [1.29, 1.82) is 0 Å². The number of aryl methyl sites for hydroxylation is 1. The average molecular weight is 389 g/mol. The summed E-state index contributed by atoms with van der Waals surface area (Å²) in [4.78, 5) is 4.76. The second kappa shape index (κ2) is 7.00. The van der Waals surface area contributed by atoms with E-state index < -0.39 is 0 Å². The predicted octanol–water partition coefficient (Wildman–Crippen LogP) is 6.64. The van der Waals surface area contributed by atoms with Gasteiger partial charge in [0.15, 0.2) is 0 Å². The maximum Gasteiger partial charge on any atom is 0.0666 e. The summed E-state index contributed by atoms with van der Waals surface area (Å²) in [6.07, 6.45) is 2.96. The monoisotopic (exact) mass is 388 g/mol. The van der Waals surface area contributed by atoms with E-state index in [1.54, 1.807) is 11.3 Å². The van der Waals surface area contributed by atoms with E-state index in [9.17, 15) is 0 Å². The highest BCUT2D eigenvalue weighted by Crippen LogP contribution is 2.42. The number of aromatic nitrogens is 1. The van der Waals surface area contributed by atoms with Crippen molar-refractivity contribution >= 4 is 55.5 Å². The fraction of sp³-hybridized carbons (Fsp3) is 0.200. The summed E-state index contributed by atoms with van der Waals surface area (Å²) >= 11 is 14.8. The largest absolute Gasteiger partial charge is 0.352 e. The van der Waals surface area contributed by atoms with Crippen LogP contribution in [0.4, 0.5) is 0 Å². The summed E-state index contributed by atoms with van der Waals surface area (Å²) in [6, 6.07) is 14.4. The van der Waals surface area contributed by atoms with Gasteiger partial charge in [-0.05, 0) is 61.0 Å². The SMILES string of the molecule is NCCCCc1c(-c2cc3ccccc3s2)[nH]c2c(Cl)ccc(Cl)c12. The van der Waals surface area contributed by atoms with Gasteiger partial charge in [0.1, 0.15) is 0 Å². The van der Waals surface area contributed by atoms with Gasteiger partial charge in [-0.15, -0.1) is 11.3 Å². The highest BCUT2D eigenvalue weighted by molar-refractivity contribution is 7.22. The number of rotatable bonds is 5. The van der Waals surface area contributed by atoms with Crippen molar-refractivity contribution in [2.45, 2.75) is 19.3 Å². The smallest absolute Gasteiger partial charge is 0.0666 e. The van der Waals surface area contributed by atoms with Crippen LogP contribution in [0.3, 0.4) is 0 Å². The van der Waals surface area contributed by atoms with Gasteiger partial charge >= 0.3 is 0 Å². The van der Waals surface area contributed by atoms with E-state index in [1.165, 1.54) is 20.5 Å². The molecule has 0 spiro atoms. The van der Waals surface area contributed by atoms with Gasteiger partial charge in [0.25, 0.3) is 0 Å². The van der Waals surface area contributed by atoms with Gasteiger partial charge in [-0.25, -0.2) is 0 Å². The summed E-state index contributed by atoms with van der Waals surface area (Å²) in [5.41, 5.74) is 8.97. The molecule has 0 aliphatic carbocycles. The lowest BCUT2D eigenvalue weighted by Crippen LogP contribution is -1.99. The average Bonchev–Trinajstić information content (AvgIpc) is 3.20. The zero-order valence-electron chi connectivity index (χ0n) is 13.6. The summed E-state index contributed by atoms with van der Waals surface area (Å²) < 4.78 is 1.28. The predicted molar refractivity (Wildman–Crippen MR) is 111 cm³/mol. The molecule has 25 heavy (non-hydrogen) atoms. The molecule has 0 unspecified atom stereocenters. The lowest BCUT2D eigenvalue weighted by Gasteiger charge is -2.04. The molecular formula is C20H18Cl2N2S. The van der Waals surface area contributed by atoms with Gasteiger partial charge in [-0.3, -0.25) is 0 Å². The molecule has 2 heterocycles. The first-order valence-electron chi connectivity index (χ1n) is 8.36. The Labute approximate surface area is 160 Å². The molecular weight excluding hydrogens is 371 g/mol. The zero-order chi connectivity index (χ0) is 17.4. The van der Waals surface area contributed by atoms with Crippen molar-refractivity contribution in [3.63, 3.8) is 0 Å². The zero-order valence-corrected chi connectivity index (χ0v) is 15.9. The molecule has 2 aromatic carbocycles.